The van der Waals surface area contributed by atoms with E-state index in [-0.39, 0.29) is 6.04 Å². The predicted molar refractivity (Wildman–Crippen MR) is 76.0 cm³/mol. The summed E-state index contributed by atoms with van der Waals surface area (Å²) < 4.78 is 0. The lowest BCUT2D eigenvalue weighted by atomic mass is 9.80. The van der Waals surface area contributed by atoms with Gasteiger partial charge in [0.05, 0.1) is 6.04 Å². The molecule has 1 aliphatic carbocycles. The summed E-state index contributed by atoms with van der Waals surface area (Å²) >= 11 is 0. The number of nitrogens with zero attached hydrogens (tertiary/aromatic N) is 2. The average Bonchev–Trinajstić information content (AvgIpc) is 2.41. The average molecular weight is 253 g/mol. The molecule has 19 heavy (non-hydrogen) atoms. The van der Waals surface area contributed by atoms with E-state index in [1.165, 1.54) is 30.4 Å². The number of hydrogen-bond acceptors (Lipinski definition) is 3. The maximum atomic E-state index is 4.34. The van der Waals surface area contributed by atoms with Gasteiger partial charge in [-0.05, 0) is 43.0 Å². The highest BCUT2D eigenvalue weighted by molar-refractivity contribution is 5.31. The summed E-state index contributed by atoms with van der Waals surface area (Å²) in [4.78, 5) is 8.68. The van der Waals surface area contributed by atoms with Gasteiger partial charge >= 0.3 is 0 Å². The molecule has 0 saturated heterocycles. The minimum absolute atomic E-state index is 0.0663. The van der Waals surface area contributed by atoms with Crippen molar-refractivity contribution in [1.82, 2.24) is 15.3 Å². The zero-order chi connectivity index (χ0) is 13.1. The van der Waals surface area contributed by atoms with Gasteiger partial charge in [0.15, 0.2) is 0 Å². The van der Waals surface area contributed by atoms with E-state index in [4.69, 9.17) is 0 Å². The Hall–Kier alpha value is -1.74. The Labute approximate surface area is 114 Å². The lowest BCUT2D eigenvalue weighted by molar-refractivity contribution is 0.419. The summed E-state index contributed by atoms with van der Waals surface area (Å²) in [5.74, 6) is 1.61. The van der Waals surface area contributed by atoms with E-state index in [0.717, 1.165) is 11.7 Å². The molecule has 1 heterocycles. The van der Waals surface area contributed by atoms with Crippen LogP contribution >= 0.6 is 0 Å². The Morgan fingerprint density at radius 3 is 2.32 bits per heavy atom. The Morgan fingerprint density at radius 2 is 1.79 bits per heavy atom. The standard InChI is InChI=1S/C16H19N3/c1-17-15(16-18-10-3-11-19-16)14-8-6-13(7-9-14)12-4-2-5-12/h3,6-12,15,17H,2,4-5H2,1H3. The van der Waals surface area contributed by atoms with Gasteiger partial charge in [0, 0.05) is 12.4 Å². The van der Waals surface area contributed by atoms with E-state index in [9.17, 15) is 0 Å². The highest BCUT2D eigenvalue weighted by Crippen LogP contribution is 2.36. The van der Waals surface area contributed by atoms with E-state index in [1.807, 2.05) is 13.1 Å². The van der Waals surface area contributed by atoms with E-state index < -0.39 is 0 Å². The number of benzene rings is 1. The van der Waals surface area contributed by atoms with Crippen molar-refractivity contribution in [1.29, 1.82) is 0 Å². The molecule has 1 aromatic carbocycles. The summed E-state index contributed by atoms with van der Waals surface area (Å²) in [5.41, 5.74) is 2.69. The van der Waals surface area contributed by atoms with Crippen LogP contribution < -0.4 is 5.32 Å². The maximum absolute atomic E-state index is 4.34. The van der Waals surface area contributed by atoms with Gasteiger partial charge < -0.3 is 5.32 Å². The Kier molecular flexibility index (Phi) is 3.56. The van der Waals surface area contributed by atoms with Crippen molar-refractivity contribution in [2.24, 2.45) is 0 Å². The molecule has 3 rings (SSSR count). The van der Waals surface area contributed by atoms with Gasteiger partial charge in [-0.3, -0.25) is 0 Å². The number of rotatable bonds is 4. The van der Waals surface area contributed by atoms with Gasteiger partial charge in [0.25, 0.3) is 0 Å². The smallest absolute Gasteiger partial charge is 0.149 e. The van der Waals surface area contributed by atoms with Crippen LogP contribution in [0.3, 0.4) is 0 Å². The fourth-order valence-corrected chi connectivity index (χ4v) is 2.61. The van der Waals surface area contributed by atoms with Crippen molar-refractivity contribution < 1.29 is 0 Å². The Morgan fingerprint density at radius 1 is 1.11 bits per heavy atom. The molecule has 2 aromatic rings. The van der Waals surface area contributed by atoms with E-state index in [0.29, 0.717) is 0 Å². The predicted octanol–water partition coefficient (Wildman–Crippen LogP) is 3.05. The first-order valence-electron chi connectivity index (χ1n) is 6.92. The molecule has 0 bridgehead atoms. The molecular weight excluding hydrogens is 234 g/mol. The summed E-state index contributed by atoms with van der Waals surface area (Å²) in [7, 11) is 1.95. The van der Waals surface area contributed by atoms with Gasteiger partial charge in [0.2, 0.25) is 0 Å². The van der Waals surface area contributed by atoms with Crippen molar-refractivity contribution in [2.45, 2.75) is 31.2 Å². The SMILES string of the molecule is CNC(c1ccc(C2CCC2)cc1)c1ncccn1. The maximum Gasteiger partial charge on any atom is 0.149 e. The van der Waals surface area contributed by atoms with Gasteiger partial charge in [-0.25, -0.2) is 9.97 Å². The second kappa shape index (κ2) is 5.49. The highest BCUT2D eigenvalue weighted by Gasteiger charge is 2.20. The van der Waals surface area contributed by atoms with Gasteiger partial charge in [-0.15, -0.1) is 0 Å². The quantitative estimate of drug-likeness (QED) is 0.910. The van der Waals surface area contributed by atoms with Gasteiger partial charge in [0.1, 0.15) is 5.82 Å². The molecule has 98 valence electrons. The molecule has 1 atom stereocenters. The van der Waals surface area contributed by atoms with Crippen molar-refractivity contribution in [3.63, 3.8) is 0 Å². The van der Waals surface area contributed by atoms with Gasteiger partial charge in [-0.1, -0.05) is 30.7 Å². The van der Waals surface area contributed by atoms with E-state index in [2.05, 4.69) is 39.6 Å². The normalized spacial score (nSPS) is 16.9. The first-order chi connectivity index (χ1) is 9.38. The molecule has 0 spiro atoms. The van der Waals surface area contributed by atoms with Crippen LogP contribution in [0.5, 0.6) is 0 Å². The molecule has 1 unspecified atom stereocenters. The molecule has 3 heteroatoms. The molecule has 1 aromatic heterocycles. The van der Waals surface area contributed by atoms with Crippen LogP contribution in [-0.4, -0.2) is 17.0 Å². The largest absolute Gasteiger partial charge is 0.307 e. The summed E-state index contributed by atoms with van der Waals surface area (Å²) in [6.45, 7) is 0. The minimum atomic E-state index is 0.0663. The number of aromatic nitrogens is 2. The van der Waals surface area contributed by atoms with E-state index >= 15 is 0 Å². The lowest BCUT2D eigenvalue weighted by Gasteiger charge is -2.26. The third kappa shape index (κ3) is 2.51. The molecule has 1 saturated carbocycles. The van der Waals surface area contributed by atoms with Crippen molar-refractivity contribution >= 4 is 0 Å². The first-order valence-corrected chi connectivity index (χ1v) is 6.92. The topological polar surface area (TPSA) is 37.8 Å². The van der Waals surface area contributed by atoms with Crippen LogP contribution in [0.15, 0.2) is 42.7 Å². The van der Waals surface area contributed by atoms with Crippen LogP contribution in [0.1, 0.15) is 48.2 Å². The second-order valence-electron chi connectivity index (χ2n) is 5.12. The molecule has 1 fully saturated rings. The molecule has 1 N–H and O–H groups in total. The zero-order valence-electron chi connectivity index (χ0n) is 11.2. The van der Waals surface area contributed by atoms with Crippen LogP contribution in [0, 0.1) is 0 Å². The van der Waals surface area contributed by atoms with Gasteiger partial charge in [-0.2, -0.15) is 0 Å². The molecule has 0 amide bonds. The van der Waals surface area contributed by atoms with E-state index in [1.54, 1.807) is 12.4 Å². The van der Waals surface area contributed by atoms with Crippen LogP contribution in [-0.2, 0) is 0 Å². The summed E-state index contributed by atoms with van der Waals surface area (Å²) in [6.07, 6.45) is 7.64. The molecular formula is C16H19N3. The second-order valence-corrected chi connectivity index (χ2v) is 5.12. The first kappa shape index (κ1) is 12.3. The third-order valence-electron chi connectivity index (χ3n) is 3.98. The molecule has 3 nitrogen and oxygen atoms in total. The number of nitrogens with one attached hydrogen (secondary N) is 1. The van der Waals surface area contributed by atoms with Crippen LogP contribution in [0.4, 0.5) is 0 Å². The summed E-state index contributed by atoms with van der Waals surface area (Å²) in [6, 6.07) is 10.8. The Balaban J connectivity index is 1.83. The summed E-state index contributed by atoms with van der Waals surface area (Å²) in [5, 5.41) is 3.29. The number of hydrogen-bond donors (Lipinski definition) is 1. The molecule has 0 radical (unpaired) electrons. The molecule has 1 aliphatic rings. The highest BCUT2D eigenvalue weighted by atomic mass is 15.0. The van der Waals surface area contributed by atoms with Crippen molar-refractivity contribution in [2.75, 3.05) is 7.05 Å². The fraction of sp³-hybridized carbons (Fsp3) is 0.375. The van der Waals surface area contributed by atoms with Crippen molar-refractivity contribution in [3.8, 4) is 0 Å². The minimum Gasteiger partial charge on any atom is -0.307 e. The lowest BCUT2D eigenvalue weighted by Crippen LogP contribution is -2.20. The monoisotopic (exact) mass is 253 g/mol. The van der Waals surface area contributed by atoms with Crippen molar-refractivity contribution in [3.05, 3.63) is 59.7 Å². The van der Waals surface area contributed by atoms with Crippen LogP contribution in [0.25, 0.3) is 0 Å². The molecule has 0 aliphatic heterocycles. The Bertz CT molecular complexity index is 517. The van der Waals surface area contributed by atoms with Crippen LogP contribution in [0.2, 0.25) is 0 Å². The fourth-order valence-electron chi connectivity index (χ4n) is 2.61. The third-order valence-corrected chi connectivity index (χ3v) is 3.98. The zero-order valence-corrected chi connectivity index (χ0v) is 11.2.